The van der Waals surface area contributed by atoms with Crippen molar-refractivity contribution in [2.24, 2.45) is 0 Å². The number of halogens is 1. The van der Waals surface area contributed by atoms with E-state index in [2.05, 4.69) is 86.1 Å². The summed E-state index contributed by atoms with van der Waals surface area (Å²) in [6.45, 7) is 10.4. The molecule has 0 saturated carbocycles. The Morgan fingerprint density at radius 3 is 2.57 bits per heavy atom. The van der Waals surface area contributed by atoms with Crippen LogP contribution in [0.1, 0.15) is 45.7 Å². The Morgan fingerprint density at radius 1 is 1.33 bits per heavy atom. The minimum absolute atomic E-state index is 0.000325. The summed E-state index contributed by atoms with van der Waals surface area (Å²) in [7, 11) is 4.16. The number of likely N-dealkylation sites (N-methyl/N-ethyl adjacent to an activating group) is 1. The minimum Gasteiger partial charge on any atom is -0.491 e. The van der Waals surface area contributed by atoms with Crippen LogP contribution >= 0.6 is 15.9 Å². The number of nitrogens with zero attached hydrogens (tertiary/aromatic N) is 1. The van der Waals surface area contributed by atoms with E-state index in [-0.39, 0.29) is 11.6 Å². The summed E-state index contributed by atoms with van der Waals surface area (Å²) in [5, 5.41) is 3.52. The molecule has 0 saturated heterocycles. The fourth-order valence-corrected chi connectivity index (χ4v) is 2.19. The topological polar surface area (TPSA) is 24.5 Å². The van der Waals surface area contributed by atoms with Crippen LogP contribution in [-0.2, 0) is 0 Å². The lowest BCUT2D eigenvalue weighted by Gasteiger charge is -2.32. The van der Waals surface area contributed by atoms with Crippen molar-refractivity contribution in [2.75, 3.05) is 27.2 Å². The molecule has 1 aromatic rings. The Labute approximate surface area is 138 Å². The van der Waals surface area contributed by atoms with Crippen molar-refractivity contribution in [1.29, 1.82) is 0 Å². The molecular formula is C17H29BrN2O. The smallest absolute Gasteiger partial charge is 0.125 e. The van der Waals surface area contributed by atoms with Crippen molar-refractivity contribution >= 4 is 15.9 Å². The SMILES string of the molecule is CCCNC(C)c1ccc(Br)cc1OCC(C)(C)N(C)C. The number of hydrogen-bond acceptors (Lipinski definition) is 3. The maximum atomic E-state index is 6.13. The van der Waals surface area contributed by atoms with Crippen LogP contribution in [0.5, 0.6) is 5.75 Å². The fourth-order valence-electron chi connectivity index (χ4n) is 1.85. The summed E-state index contributed by atoms with van der Waals surface area (Å²) in [6, 6.07) is 6.56. The van der Waals surface area contributed by atoms with Gasteiger partial charge in [0.2, 0.25) is 0 Å². The van der Waals surface area contributed by atoms with Crippen LogP contribution in [0.25, 0.3) is 0 Å². The lowest BCUT2D eigenvalue weighted by Crippen LogP contribution is -2.43. The Morgan fingerprint density at radius 2 is 2.00 bits per heavy atom. The Hall–Kier alpha value is -0.580. The highest BCUT2D eigenvalue weighted by Crippen LogP contribution is 2.29. The minimum atomic E-state index is -0.000325. The highest BCUT2D eigenvalue weighted by atomic mass is 79.9. The van der Waals surface area contributed by atoms with Gasteiger partial charge in [-0.3, -0.25) is 0 Å². The van der Waals surface area contributed by atoms with E-state index in [1.165, 1.54) is 5.56 Å². The first-order valence-corrected chi connectivity index (χ1v) is 8.40. The van der Waals surface area contributed by atoms with Crippen molar-refractivity contribution in [1.82, 2.24) is 10.2 Å². The highest BCUT2D eigenvalue weighted by molar-refractivity contribution is 9.10. The summed E-state index contributed by atoms with van der Waals surface area (Å²) in [4.78, 5) is 2.18. The molecule has 0 aliphatic rings. The van der Waals surface area contributed by atoms with Crippen LogP contribution in [0.4, 0.5) is 0 Å². The zero-order valence-electron chi connectivity index (χ0n) is 14.2. The van der Waals surface area contributed by atoms with E-state index < -0.39 is 0 Å². The van der Waals surface area contributed by atoms with Gasteiger partial charge in [0.15, 0.2) is 0 Å². The summed E-state index contributed by atoms with van der Waals surface area (Å²) < 4.78 is 7.18. The zero-order valence-corrected chi connectivity index (χ0v) is 15.8. The van der Waals surface area contributed by atoms with Gasteiger partial charge in [-0.25, -0.2) is 0 Å². The predicted molar refractivity (Wildman–Crippen MR) is 94.1 cm³/mol. The number of nitrogens with one attached hydrogen (secondary N) is 1. The van der Waals surface area contributed by atoms with E-state index >= 15 is 0 Å². The van der Waals surface area contributed by atoms with Crippen molar-refractivity contribution < 1.29 is 4.74 Å². The molecule has 0 heterocycles. The second-order valence-electron chi connectivity index (χ2n) is 6.35. The van der Waals surface area contributed by atoms with E-state index in [4.69, 9.17) is 4.74 Å². The first-order valence-electron chi connectivity index (χ1n) is 7.61. The largest absolute Gasteiger partial charge is 0.491 e. The molecule has 0 aliphatic carbocycles. The third-order valence-electron chi connectivity index (χ3n) is 3.93. The number of ether oxygens (including phenoxy) is 1. The van der Waals surface area contributed by atoms with Gasteiger partial charge >= 0.3 is 0 Å². The highest BCUT2D eigenvalue weighted by Gasteiger charge is 2.22. The third-order valence-corrected chi connectivity index (χ3v) is 4.43. The Kier molecular flexibility index (Phi) is 7.17. The van der Waals surface area contributed by atoms with E-state index in [1.54, 1.807) is 0 Å². The lowest BCUT2D eigenvalue weighted by molar-refractivity contribution is 0.113. The molecule has 0 aliphatic heterocycles. The molecular weight excluding hydrogens is 328 g/mol. The number of rotatable bonds is 8. The first kappa shape index (κ1) is 18.5. The van der Waals surface area contributed by atoms with Crippen molar-refractivity contribution in [3.05, 3.63) is 28.2 Å². The van der Waals surface area contributed by atoms with Crippen LogP contribution in [0.3, 0.4) is 0 Å². The second-order valence-corrected chi connectivity index (χ2v) is 7.27. The van der Waals surface area contributed by atoms with Crippen molar-refractivity contribution in [2.45, 2.75) is 45.7 Å². The van der Waals surface area contributed by atoms with Gasteiger partial charge in [-0.05, 0) is 60.0 Å². The average molecular weight is 357 g/mol. The van der Waals surface area contributed by atoms with Crippen LogP contribution in [-0.4, -0.2) is 37.7 Å². The molecule has 1 rings (SSSR count). The van der Waals surface area contributed by atoms with Gasteiger partial charge < -0.3 is 15.0 Å². The van der Waals surface area contributed by atoms with Gasteiger partial charge in [-0.1, -0.05) is 28.9 Å². The standard InChI is InChI=1S/C17H29BrN2O/c1-7-10-19-13(2)15-9-8-14(18)11-16(15)21-12-17(3,4)20(5)6/h8-9,11,13,19H,7,10,12H2,1-6H3. The van der Waals surface area contributed by atoms with E-state index in [0.717, 1.165) is 23.2 Å². The van der Waals surface area contributed by atoms with Crippen molar-refractivity contribution in [3.63, 3.8) is 0 Å². The Bertz CT molecular complexity index is 446. The lowest BCUT2D eigenvalue weighted by atomic mass is 10.0. The van der Waals surface area contributed by atoms with Gasteiger partial charge in [0.05, 0.1) is 0 Å². The summed E-state index contributed by atoms with van der Waals surface area (Å²) in [6.07, 6.45) is 1.13. The normalized spacial score (nSPS) is 13.5. The summed E-state index contributed by atoms with van der Waals surface area (Å²) >= 11 is 3.54. The fraction of sp³-hybridized carbons (Fsp3) is 0.647. The molecule has 0 amide bonds. The molecule has 4 heteroatoms. The summed E-state index contributed by atoms with van der Waals surface area (Å²) in [5.41, 5.74) is 1.21. The van der Waals surface area contributed by atoms with Gasteiger partial charge in [-0.2, -0.15) is 0 Å². The molecule has 0 bridgehead atoms. The molecule has 0 spiro atoms. The molecule has 1 atom stereocenters. The van der Waals surface area contributed by atoms with Gasteiger partial charge in [-0.15, -0.1) is 0 Å². The first-order chi connectivity index (χ1) is 9.77. The molecule has 21 heavy (non-hydrogen) atoms. The van der Waals surface area contributed by atoms with Crippen LogP contribution in [0, 0.1) is 0 Å². The molecule has 3 nitrogen and oxygen atoms in total. The molecule has 120 valence electrons. The average Bonchev–Trinajstić information content (AvgIpc) is 2.42. The van der Waals surface area contributed by atoms with Gasteiger partial charge in [0.1, 0.15) is 12.4 Å². The number of hydrogen-bond donors (Lipinski definition) is 1. The second kappa shape index (κ2) is 8.16. The van der Waals surface area contributed by atoms with E-state index in [0.29, 0.717) is 6.61 Å². The maximum absolute atomic E-state index is 6.13. The van der Waals surface area contributed by atoms with Crippen LogP contribution in [0.15, 0.2) is 22.7 Å². The number of benzene rings is 1. The molecule has 1 N–H and O–H groups in total. The zero-order chi connectivity index (χ0) is 16.0. The Balaban J connectivity index is 2.87. The summed E-state index contributed by atoms with van der Waals surface area (Å²) in [5.74, 6) is 0.954. The van der Waals surface area contributed by atoms with Crippen molar-refractivity contribution in [3.8, 4) is 5.75 Å². The molecule has 0 radical (unpaired) electrons. The maximum Gasteiger partial charge on any atom is 0.125 e. The monoisotopic (exact) mass is 356 g/mol. The molecule has 0 fully saturated rings. The van der Waals surface area contributed by atoms with E-state index in [1.807, 2.05) is 0 Å². The van der Waals surface area contributed by atoms with E-state index in [9.17, 15) is 0 Å². The van der Waals surface area contributed by atoms with Crippen LogP contribution < -0.4 is 10.1 Å². The molecule has 1 aromatic carbocycles. The molecule has 0 aromatic heterocycles. The quantitative estimate of drug-likeness (QED) is 0.754. The van der Waals surface area contributed by atoms with Gasteiger partial charge in [0, 0.05) is 21.6 Å². The van der Waals surface area contributed by atoms with Gasteiger partial charge in [0.25, 0.3) is 0 Å². The third kappa shape index (κ3) is 5.61. The predicted octanol–water partition coefficient (Wildman–Crippen LogP) is 4.23. The molecule has 1 unspecified atom stereocenters. The van der Waals surface area contributed by atoms with Crippen LogP contribution in [0.2, 0.25) is 0 Å².